The van der Waals surface area contributed by atoms with Gasteiger partial charge in [0, 0.05) is 32.7 Å². The number of aliphatic hydroxyl groups excluding tert-OH is 1. The summed E-state index contributed by atoms with van der Waals surface area (Å²) in [6.45, 7) is 15.5. The molecule has 0 aromatic carbocycles. The molecule has 8 heteroatoms. The van der Waals surface area contributed by atoms with E-state index in [1.54, 1.807) is 22.0 Å². The Morgan fingerprint density at radius 3 is 2.28 bits per heavy atom. The van der Waals surface area contributed by atoms with Crippen molar-refractivity contribution in [1.82, 2.24) is 14.7 Å². The van der Waals surface area contributed by atoms with Crippen LogP contribution in [0.1, 0.15) is 65.7 Å². The first-order valence-corrected chi connectivity index (χ1v) is 13.7. The fraction of sp³-hybridized carbons (Fsp3) is 0.750. The van der Waals surface area contributed by atoms with E-state index in [1.165, 1.54) is 4.90 Å². The molecule has 2 bridgehead atoms. The smallest absolute Gasteiger partial charge is 0.248 e. The number of rotatable bonds is 15. The molecule has 1 N–H and O–H groups in total. The molecule has 2 unspecified atom stereocenters. The molecule has 202 valence electrons. The minimum absolute atomic E-state index is 0.0408. The number of amides is 3. The Balaban J connectivity index is 2.05. The predicted molar refractivity (Wildman–Crippen MR) is 139 cm³/mol. The number of fused-ring (bicyclic) bond motifs is 1. The number of unbranched alkanes of at least 4 members (excludes halogenated alkanes) is 2. The van der Waals surface area contributed by atoms with Crippen LogP contribution in [0.15, 0.2) is 25.3 Å². The summed E-state index contributed by atoms with van der Waals surface area (Å²) in [7, 11) is 0. The Hall–Kier alpha value is -2.19. The Morgan fingerprint density at radius 2 is 1.72 bits per heavy atom. The predicted octanol–water partition coefficient (Wildman–Crippen LogP) is 2.76. The molecule has 0 aromatic rings. The first-order valence-electron chi connectivity index (χ1n) is 13.7. The topological polar surface area (TPSA) is 90.4 Å². The van der Waals surface area contributed by atoms with Crippen LogP contribution in [0.4, 0.5) is 0 Å². The van der Waals surface area contributed by atoms with Crippen molar-refractivity contribution in [2.24, 2.45) is 11.8 Å². The lowest BCUT2D eigenvalue weighted by Crippen LogP contribution is -2.56. The van der Waals surface area contributed by atoms with E-state index >= 15 is 0 Å². The van der Waals surface area contributed by atoms with E-state index in [1.807, 2.05) is 13.8 Å². The van der Waals surface area contributed by atoms with E-state index < -0.39 is 29.1 Å². The number of aliphatic hydroxyl groups is 1. The van der Waals surface area contributed by atoms with Crippen LogP contribution in [-0.4, -0.2) is 94.1 Å². The lowest BCUT2D eigenvalue weighted by Gasteiger charge is -2.37. The lowest BCUT2D eigenvalue weighted by molar-refractivity contribution is -0.155. The summed E-state index contributed by atoms with van der Waals surface area (Å²) < 4.78 is 6.80. The fourth-order valence-electron chi connectivity index (χ4n) is 6.81. The van der Waals surface area contributed by atoms with Crippen LogP contribution in [0.3, 0.4) is 0 Å². The number of likely N-dealkylation sites (tertiary alicyclic amines) is 1. The van der Waals surface area contributed by atoms with Crippen LogP contribution in [0, 0.1) is 11.8 Å². The number of β-amino-alcohol motifs (C(OH)–C–C–N with tert-alkyl or cyclic N) is 1. The molecule has 0 radical (unpaired) electrons. The van der Waals surface area contributed by atoms with Gasteiger partial charge in [0.1, 0.15) is 11.6 Å². The van der Waals surface area contributed by atoms with Crippen LogP contribution < -0.4 is 0 Å². The van der Waals surface area contributed by atoms with Gasteiger partial charge in [0.15, 0.2) is 0 Å². The standard InChI is InChI=1S/C28H45N3O5/c1-6-11-12-18-30(17-9-4)26(35)23-28-14-13-27(10-5,36-28)21(22(28)25(34)31(23)19-20-32)24(33)29(15-7-2)16-8-3/h7,9,21-23,32H,2,4,6,8,10-20H2,1,3,5H3/t21-,22+,23?,27+,28?/m1/s1. The van der Waals surface area contributed by atoms with Gasteiger partial charge in [-0.15, -0.1) is 13.2 Å². The van der Waals surface area contributed by atoms with Crippen molar-refractivity contribution >= 4 is 17.7 Å². The van der Waals surface area contributed by atoms with Gasteiger partial charge in [-0.05, 0) is 32.1 Å². The van der Waals surface area contributed by atoms with Crippen molar-refractivity contribution in [2.75, 3.05) is 39.3 Å². The summed E-state index contributed by atoms with van der Waals surface area (Å²) in [5.74, 6) is -1.90. The molecule has 8 nitrogen and oxygen atoms in total. The molecule has 3 heterocycles. The summed E-state index contributed by atoms with van der Waals surface area (Å²) in [4.78, 5) is 47.1. The van der Waals surface area contributed by atoms with Crippen molar-refractivity contribution in [1.29, 1.82) is 0 Å². The molecule has 36 heavy (non-hydrogen) atoms. The van der Waals surface area contributed by atoms with Gasteiger partial charge >= 0.3 is 0 Å². The Morgan fingerprint density at radius 1 is 1.06 bits per heavy atom. The second-order valence-corrected chi connectivity index (χ2v) is 10.4. The summed E-state index contributed by atoms with van der Waals surface area (Å²) in [5.41, 5.74) is -1.82. The maximum Gasteiger partial charge on any atom is 0.248 e. The van der Waals surface area contributed by atoms with Crippen molar-refractivity contribution in [2.45, 2.75) is 83.0 Å². The summed E-state index contributed by atoms with van der Waals surface area (Å²) in [6.07, 6.45) is 8.88. The van der Waals surface area contributed by atoms with E-state index in [9.17, 15) is 19.5 Å². The minimum atomic E-state index is -1.06. The molecular formula is C28H45N3O5. The highest BCUT2D eigenvalue weighted by Gasteiger charge is 2.78. The summed E-state index contributed by atoms with van der Waals surface area (Å²) in [6, 6.07) is -0.853. The van der Waals surface area contributed by atoms with Gasteiger partial charge in [-0.2, -0.15) is 0 Å². The van der Waals surface area contributed by atoms with Crippen LogP contribution in [0.5, 0.6) is 0 Å². The van der Waals surface area contributed by atoms with Gasteiger partial charge in [0.2, 0.25) is 17.7 Å². The van der Waals surface area contributed by atoms with Gasteiger partial charge in [-0.3, -0.25) is 14.4 Å². The number of carbonyl (C=O) groups excluding carboxylic acids is 3. The van der Waals surface area contributed by atoms with Gasteiger partial charge in [-0.1, -0.05) is 45.8 Å². The number of ether oxygens (including phenoxy) is 1. The highest BCUT2D eigenvalue weighted by molar-refractivity contribution is 5.99. The zero-order valence-corrected chi connectivity index (χ0v) is 22.4. The number of hydrogen-bond acceptors (Lipinski definition) is 5. The number of hydrogen-bond donors (Lipinski definition) is 1. The van der Waals surface area contributed by atoms with Crippen molar-refractivity contribution < 1.29 is 24.2 Å². The number of carbonyl (C=O) groups is 3. The highest BCUT2D eigenvalue weighted by atomic mass is 16.5. The fourth-order valence-corrected chi connectivity index (χ4v) is 6.81. The highest BCUT2D eigenvalue weighted by Crippen LogP contribution is 2.64. The zero-order valence-electron chi connectivity index (χ0n) is 22.4. The third-order valence-electron chi connectivity index (χ3n) is 8.37. The third-order valence-corrected chi connectivity index (χ3v) is 8.37. The van der Waals surface area contributed by atoms with Crippen LogP contribution in [0.25, 0.3) is 0 Å². The molecule has 3 rings (SSSR count). The molecule has 5 atom stereocenters. The molecule has 0 aromatic heterocycles. The van der Waals surface area contributed by atoms with E-state index in [0.29, 0.717) is 45.4 Å². The molecule has 1 spiro atoms. The van der Waals surface area contributed by atoms with Crippen molar-refractivity contribution in [3.63, 3.8) is 0 Å². The summed E-state index contributed by atoms with van der Waals surface area (Å²) >= 11 is 0. The maximum absolute atomic E-state index is 14.1. The number of nitrogens with zero attached hydrogens (tertiary/aromatic N) is 3. The SMILES string of the molecule is C=CCN(CCCCC)C(=O)C1N(CCO)C(=O)[C@@H]2[C@H](C(=O)N(CC=C)CCC)[C@]3(CC)CCC12O3. The molecule has 3 saturated heterocycles. The average Bonchev–Trinajstić information content (AvgIpc) is 3.47. The van der Waals surface area contributed by atoms with E-state index in [-0.39, 0.29) is 30.9 Å². The van der Waals surface area contributed by atoms with Gasteiger partial charge in [-0.25, -0.2) is 0 Å². The van der Waals surface area contributed by atoms with Gasteiger partial charge < -0.3 is 24.5 Å². The second kappa shape index (κ2) is 11.9. The molecule has 0 aliphatic carbocycles. The first-order chi connectivity index (χ1) is 17.3. The van der Waals surface area contributed by atoms with Crippen molar-refractivity contribution in [3.05, 3.63) is 25.3 Å². The Kier molecular flexibility index (Phi) is 9.39. The summed E-state index contributed by atoms with van der Waals surface area (Å²) in [5, 5.41) is 9.83. The van der Waals surface area contributed by atoms with Gasteiger partial charge in [0.05, 0.1) is 24.0 Å². The van der Waals surface area contributed by atoms with Crippen LogP contribution in [0.2, 0.25) is 0 Å². The zero-order chi connectivity index (χ0) is 26.5. The Labute approximate surface area is 216 Å². The quantitative estimate of drug-likeness (QED) is 0.274. The lowest BCUT2D eigenvalue weighted by atomic mass is 9.64. The minimum Gasteiger partial charge on any atom is -0.395 e. The van der Waals surface area contributed by atoms with E-state index in [2.05, 4.69) is 20.1 Å². The first kappa shape index (κ1) is 28.4. The molecular weight excluding hydrogens is 458 g/mol. The molecule has 3 aliphatic heterocycles. The Bertz CT molecular complexity index is 847. The molecule has 0 saturated carbocycles. The normalized spacial score (nSPS) is 30.4. The van der Waals surface area contributed by atoms with E-state index in [0.717, 1.165) is 25.7 Å². The monoisotopic (exact) mass is 503 g/mol. The van der Waals surface area contributed by atoms with Crippen molar-refractivity contribution in [3.8, 4) is 0 Å². The van der Waals surface area contributed by atoms with E-state index in [4.69, 9.17) is 4.74 Å². The maximum atomic E-state index is 14.1. The molecule has 3 aliphatic rings. The van der Waals surface area contributed by atoms with Crippen LogP contribution in [-0.2, 0) is 19.1 Å². The largest absolute Gasteiger partial charge is 0.395 e. The third kappa shape index (κ3) is 4.62. The average molecular weight is 504 g/mol. The molecule has 3 fully saturated rings. The molecule has 3 amide bonds. The second-order valence-electron chi connectivity index (χ2n) is 10.4. The van der Waals surface area contributed by atoms with Gasteiger partial charge in [0.25, 0.3) is 0 Å². The van der Waals surface area contributed by atoms with Crippen LogP contribution >= 0.6 is 0 Å².